The lowest BCUT2D eigenvalue weighted by molar-refractivity contribution is -0.155. The summed E-state index contributed by atoms with van der Waals surface area (Å²) in [5.74, 6) is 0.189. The Morgan fingerprint density at radius 1 is 1.14 bits per heavy atom. The van der Waals surface area contributed by atoms with Crippen LogP contribution in [0.1, 0.15) is 51.5 Å². The average Bonchev–Trinajstić information content (AvgIpc) is 2.48. The maximum atomic E-state index is 12.6. The monoisotopic (exact) mass is 287 g/mol. The molecule has 2 rings (SSSR count). The molecule has 2 atom stereocenters. The van der Waals surface area contributed by atoms with Crippen molar-refractivity contribution in [3.05, 3.63) is 35.9 Å². The summed E-state index contributed by atoms with van der Waals surface area (Å²) in [5.41, 5.74) is 1.01. The zero-order chi connectivity index (χ0) is 15.2. The molecule has 1 saturated heterocycles. The molecule has 0 bridgehead atoms. The van der Waals surface area contributed by atoms with Crippen LogP contribution in [0, 0.1) is 11.8 Å². The Balaban J connectivity index is 2.06. The van der Waals surface area contributed by atoms with Crippen molar-refractivity contribution in [2.24, 2.45) is 11.8 Å². The molecule has 3 heteroatoms. The van der Waals surface area contributed by atoms with Crippen molar-refractivity contribution in [3.8, 4) is 0 Å². The molecule has 0 N–H and O–H groups in total. The first-order chi connectivity index (χ1) is 10.1. The van der Waals surface area contributed by atoms with Gasteiger partial charge < -0.3 is 0 Å². The third-order valence-electron chi connectivity index (χ3n) is 4.37. The Bertz CT molecular complexity index is 483. The first kappa shape index (κ1) is 15.7. The van der Waals surface area contributed by atoms with E-state index in [0.717, 1.165) is 31.2 Å². The van der Waals surface area contributed by atoms with Crippen molar-refractivity contribution in [1.29, 1.82) is 0 Å². The van der Waals surface area contributed by atoms with E-state index in [1.54, 1.807) is 0 Å². The van der Waals surface area contributed by atoms with Gasteiger partial charge in [-0.2, -0.15) is 0 Å². The summed E-state index contributed by atoms with van der Waals surface area (Å²) in [4.78, 5) is 26.3. The molecule has 1 aliphatic heterocycles. The number of amides is 2. The van der Waals surface area contributed by atoms with Crippen molar-refractivity contribution >= 4 is 11.8 Å². The Kier molecular flexibility index (Phi) is 5.54. The SMILES string of the molecule is CCCCC[C@@H]1C(=O)N(Cc2ccccc2)C(=O)C[C@H]1C. The predicted octanol–water partition coefficient (Wildman–Crippen LogP) is 3.78. The molecule has 0 unspecified atom stereocenters. The van der Waals surface area contributed by atoms with Gasteiger partial charge in [-0.05, 0) is 17.9 Å². The van der Waals surface area contributed by atoms with E-state index in [-0.39, 0.29) is 23.7 Å². The molecule has 0 aromatic heterocycles. The minimum Gasteiger partial charge on any atom is -0.278 e. The second-order valence-corrected chi connectivity index (χ2v) is 6.09. The summed E-state index contributed by atoms with van der Waals surface area (Å²) in [7, 11) is 0. The van der Waals surface area contributed by atoms with E-state index in [1.165, 1.54) is 4.90 Å². The molecule has 114 valence electrons. The number of carbonyl (C=O) groups excluding carboxylic acids is 2. The van der Waals surface area contributed by atoms with Crippen LogP contribution in [-0.4, -0.2) is 16.7 Å². The van der Waals surface area contributed by atoms with E-state index in [9.17, 15) is 9.59 Å². The zero-order valence-corrected chi connectivity index (χ0v) is 13.0. The highest BCUT2D eigenvalue weighted by molar-refractivity contribution is 5.99. The minimum absolute atomic E-state index is 0.0120. The van der Waals surface area contributed by atoms with Gasteiger partial charge in [0.2, 0.25) is 11.8 Å². The van der Waals surface area contributed by atoms with Crippen LogP contribution in [0.15, 0.2) is 30.3 Å². The Morgan fingerprint density at radius 2 is 1.86 bits per heavy atom. The molecular weight excluding hydrogens is 262 g/mol. The molecule has 2 amide bonds. The summed E-state index contributed by atoms with van der Waals surface area (Å²) >= 11 is 0. The molecule has 3 nitrogen and oxygen atoms in total. The van der Waals surface area contributed by atoms with Gasteiger partial charge in [-0.25, -0.2) is 0 Å². The number of benzene rings is 1. The van der Waals surface area contributed by atoms with Gasteiger partial charge in [-0.3, -0.25) is 14.5 Å². The van der Waals surface area contributed by atoms with Crippen molar-refractivity contribution in [2.45, 2.75) is 52.5 Å². The number of hydrogen-bond donors (Lipinski definition) is 0. The van der Waals surface area contributed by atoms with Crippen LogP contribution in [0.25, 0.3) is 0 Å². The second kappa shape index (κ2) is 7.39. The number of nitrogens with zero attached hydrogens (tertiary/aromatic N) is 1. The van der Waals surface area contributed by atoms with Crippen LogP contribution < -0.4 is 0 Å². The quantitative estimate of drug-likeness (QED) is 0.590. The lowest BCUT2D eigenvalue weighted by Gasteiger charge is -2.35. The highest BCUT2D eigenvalue weighted by Crippen LogP contribution is 2.30. The van der Waals surface area contributed by atoms with Crippen molar-refractivity contribution < 1.29 is 9.59 Å². The largest absolute Gasteiger partial charge is 0.278 e. The van der Waals surface area contributed by atoms with Gasteiger partial charge in [0.15, 0.2) is 0 Å². The van der Waals surface area contributed by atoms with Gasteiger partial charge in [0.25, 0.3) is 0 Å². The van der Waals surface area contributed by atoms with E-state index >= 15 is 0 Å². The number of hydrogen-bond acceptors (Lipinski definition) is 2. The standard InChI is InChI=1S/C18H25NO2/c1-3-4-6-11-16-14(2)12-17(20)19(18(16)21)13-15-9-7-5-8-10-15/h5,7-10,14,16H,3-4,6,11-13H2,1-2H3/t14-,16+/m1/s1. The number of piperidine rings is 1. The number of imide groups is 1. The van der Waals surface area contributed by atoms with Crippen LogP contribution in [-0.2, 0) is 16.1 Å². The Morgan fingerprint density at radius 3 is 2.52 bits per heavy atom. The Labute approximate surface area is 127 Å². The fourth-order valence-electron chi connectivity index (χ4n) is 3.05. The lowest BCUT2D eigenvalue weighted by Crippen LogP contribution is -2.47. The highest BCUT2D eigenvalue weighted by Gasteiger charge is 2.38. The van der Waals surface area contributed by atoms with Crippen molar-refractivity contribution in [1.82, 2.24) is 4.90 Å². The van der Waals surface area contributed by atoms with Gasteiger partial charge >= 0.3 is 0 Å². The van der Waals surface area contributed by atoms with Crippen LogP contribution in [0.3, 0.4) is 0 Å². The molecular formula is C18H25NO2. The molecule has 1 aromatic rings. The number of carbonyl (C=O) groups is 2. The molecule has 0 saturated carbocycles. The molecule has 1 heterocycles. The lowest BCUT2D eigenvalue weighted by atomic mass is 9.82. The van der Waals surface area contributed by atoms with E-state index in [1.807, 2.05) is 37.3 Å². The summed E-state index contributed by atoms with van der Waals surface area (Å²) in [6.07, 6.45) is 4.79. The topological polar surface area (TPSA) is 37.4 Å². The number of unbranched alkanes of at least 4 members (excludes halogenated alkanes) is 2. The molecule has 0 spiro atoms. The maximum absolute atomic E-state index is 12.6. The molecule has 1 fully saturated rings. The fourth-order valence-corrected chi connectivity index (χ4v) is 3.05. The van der Waals surface area contributed by atoms with Crippen molar-refractivity contribution in [2.75, 3.05) is 0 Å². The van der Waals surface area contributed by atoms with Crippen LogP contribution in [0.5, 0.6) is 0 Å². The summed E-state index contributed by atoms with van der Waals surface area (Å²) < 4.78 is 0. The first-order valence-corrected chi connectivity index (χ1v) is 8.01. The van der Waals surface area contributed by atoms with Gasteiger partial charge in [0.05, 0.1) is 6.54 Å². The smallest absolute Gasteiger partial charge is 0.232 e. The number of likely N-dealkylation sites (tertiary alicyclic amines) is 1. The van der Waals surface area contributed by atoms with Gasteiger partial charge in [0, 0.05) is 12.3 Å². The van der Waals surface area contributed by atoms with Gasteiger partial charge in [-0.15, -0.1) is 0 Å². The number of rotatable bonds is 6. The van der Waals surface area contributed by atoms with E-state index < -0.39 is 0 Å². The zero-order valence-electron chi connectivity index (χ0n) is 13.0. The predicted molar refractivity (Wildman–Crippen MR) is 83.4 cm³/mol. The van der Waals surface area contributed by atoms with Crippen LogP contribution in [0.4, 0.5) is 0 Å². The molecule has 21 heavy (non-hydrogen) atoms. The Hall–Kier alpha value is -1.64. The third-order valence-corrected chi connectivity index (χ3v) is 4.37. The van der Waals surface area contributed by atoms with Crippen molar-refractivity contribution in [3.63, 3.8) is 0 Å². The first-order valence-electron chi connectivity index (χ1n) is 8.01. The molecule has 0 radical (unpaired) electrons. The summed E-state index contributed by atoms with van der Waals surface area (Å²) in [5, 5.41) is 0. The molecule has 1 aromatic carbocycles. The average molecular weight is 287 g/mol. The second-order valence-electron chi connectivity index (χ2n) is 6.09. The van der Waals surface area contributed by atoms with E-state index in [4.69, 9.17) is 0 Å². The normalized spacial score (nSPS) is 22.7. The van der Waals surface area contributed by atoms with E-state index in [2.05, 4.69) is 6.92 Å². The van der Waals surface area contributed by atoms with Gasteiger partial charge in [0.1, 0.15) is 0 Å². The maximum Gasteiger partial charge on any atom is 0.232 e. The third kappa shape index (κ3) is 3.93. The summed E-state index contributed by atoms with van der Waals surface area (Å²) in [6, 6.07) is 9.75. The molecule has 1 aliphatic rings. The molecule has 0 aliphatic carbocycles. The van der Waals surface area contributed by atoms with Crippen LogP contribution >= 0.6 is 0 Å². The van der Waals surface area contributed by atoms with E-state index in [0.29, 0.717) is 13.0 Å². The fraction of sp³-hybridized carbons (Fsp3) is 0.556. The minimum atomic E-state index is -0.0249. The van der Waals surface area contributed by atoms with Crippen LogP contribution in [0.2, 0.25) is 0 Å². The highest BCUT2D eigenvalue weighted by atomic mass is 16.2. The summed E-state index contributed by atoms with van der Waals surface area (Å²) in [6.45, 7) is 4.61. The van der Waals surface area contributed by atoms with Gasteiger partial charge in [-0.1, -0.05) is 63.4 Å².